The van der Waals surface area contributed by atoms with Crippen molar-refractivity contribution < 1.29 is 40.6 Å². The molecule has 0 N–H and O–H groups in total. The summed E-state index contributed by atoms with van der Waals surface area (Å²) < 4.78 is 65.2. The molecule has 110 valence electrons. The van der Waals surface area contributed by atoms with Gasteiger partial charge in [-0.05, 0) is 25.0 Å². The zero-order valence-electron chi connectivity index (χ0n) is 10.0. The maximum atomic E-state index is 13.0. The van der Waals surface area contributed by atoms with Crippen LogP contribution in [0, 0.1) is 14.8 Å². The van der Waals surface area contributed by atoms with Crippen molar-refractivity contribution >= 4 is 20.6 Å². The largest absolute Gasteiger partial charge is 0.600 e. The molecular weight excluding hydrogens is 361 g/mol. The van der Waals surface area contributed by atoms with Gasteiger partial charge in [0.1, 0.15) is 0 Å². The van der Waals surface area contributed by atoms with Crippen LogP contribution in [-0.2, 0) is 5.51 Å². The first-order chi connectivity index (χ1) is 9.30. The number of hydrogen-bond acceptors (Lipinski definition) is 3. The Morgan fingerprint density at radius 1 is 1.10 bits per heavy atom. The summed E-state index contributed by atoms with van der Waals surface area (Å²) >= 11 is -3.65. The lowest BCUT2D eigenvalue weighted by molar-refractivity contribution is -1.73. The Hall–Kier alpha value is -0.670. The average molecular weight is 371 g/mol. The number of thiophene rings is 1. The molecule has 1 heterocycles. The normalized spacial score (nSPS) is 16.2. The second-order valence-electron chi connectivity index (χ2n) is 4.30. The van der Waals surface area contributed by atoms with Gasteiger partial charge in [-0.2, -0.15) is 0 Å². The highest BCUT2D eigenvalue weighted by Crippen LogP contribution is 2.57. The van der Waals surface area contributed by atoms with Crippen LogP contribution in [0.25, 0.3) is 10.1 Å². The molecule has 0 amide bonds. The zero-order valence-corrected chi connectivity index (χ0v) is 12.4. The van der Waals surface area contributed by atoms with Crippen molar-refractivity contribution in [1.29, 1.82) is 0 Å². The lowest BCUT2D eigenvalue weighted by Gasteiger charge is -1.98. The molecule has 1 aromatic carbocycles. The molecule has 1 atom stereocenters. The Kier molecular flexibility index (Phi) is 4.70. The van der Waals surface area contributed by atoms with Gasteiger partial charge in [0.15, 0.2) is 9.58 Å². The van der Waals surface area contributed by atoms with Crippen LogP contribution >= 0.6 is 10.5 Å². The van der Waals surface area contributed by atoms with Gasteiger partial charge in [0.05, 0.1) is 10.5 Å². The van der Waals surface area contributed by atoms with E-state index in [1.165, 1.54) is 0 Å². The molecule has 1 aliphatic carbocycles. The number of hydrogen-bond donors (Lipinski definition) is 0. The van der Waals surface area contributed by atoms with Crippen molar-refractivity contribution in [1.82, 2.24) is 0 Å². The molecule has 3 rings (SSSR count). The molecule has 1 aliphatic rings. The van der Waals surface area contributed by atoms with Crippen LogP contribution in [0.2, 0.25) is 0 Å². The first-order valence-corrected chi connectivity index (χ1v) is 8.82. The highest BCUT2D eigenvalue weighted by atomic mass is 80.0. The van der Waals surface area contributed by atoms with E-state index >= 15 is 0 Å². The third-order valence-corrected chi connectivity index (χ3v) is 5.08. The van der Waals surface area contributed by atoms with Crippen LogP contribution in [0.1, 0.15) is 23.6 Å². The molecule has 1 saturated carbocycles. The Bertz CT molecular complexity index is 590. The van der Waals surface area contributed by atoms with Crippen molar-refractivity contribution in [3.63, 3.8) is 0 Å². The Morgan fingerprint density at radius 3 is 2.15 bits per heavy atom. The first kappa shape index (κ1) is 15.7. The van der Waals surface area contributed by atoms with E-state index in [0.717, 1.165) is 18.2 Å². The molecule has 1 fully saturated rings. The predicted molar refractivity (Wildman–Crippen MR) is 59.7 cm³/mol. The highest BCUT2D eigenvalue weighted by Gasteiger charge is 2.50. The minimum atomic E-state index is -4.12. The molecule has 0 spiro atoms. The second-order valence-corrected chi connectivity index (χ2v) is 7.08. The van der Waals surface area contributed by atoms with Crippen molar-refractivity contribution in [2.24, 2.45) is 0 Å². The number of halogens is 4. The molecule has 8 heteroatoms. The van der Waals surface area contributed by atoms with Gasteiger partial charge in [-0.1, -0.05) is 12.1 Å². The molecule has 1 aromatic heterocycles. The van der Waals surface area contributed by atoms with E-state index in [2.05, 4.69) is 0 Å². The van der Waals surface area contributed by atoms with Gasteiger partial charge in [-0.3, -0.25) is 0 Å². The SMILES string of the molecule is FC(F)(F)[s+]1c(C2CC2)cc2ccccc21.[O-][Br+2]([O-])[O-]. The van der Waals surface area contributed by atoms with Gasteiger partial charge >= 0.3 is 5.51 Å². The van der Waals surface area contributed by atoms with Crippen molar-refractivity contribution in [3.8, 4) is 0 Å². The van der Waals surface area contributed by atoms with Crippen LogP contribution in [0.5, 0.6) is 0 Å². The number of benzene rings is 1. The van der Waals surface area contributed by atoms with Gasteiger partial charge < -0.3 is 12.6 Å². The van der Waals surface area contributed by atoms with Crippen molar-refractivity contribution in [2.75, 3.05) is 0 Å². The molecule has 2 aromatic rings. The first-order valence-electron chi connectivity index (χ1n) is 5.65. The standard InChI is InChI=1S/C12H10F3S.BrO3/c13-12(14,15)16-10-4-2-1-3-9(10)7-11(16)8-5-6-8;2-1(3)4/h1-4,7-8H,5-6H2;/q+1;-1. The summed E-state index contributed by atoms with van der Waals surface area (Å²) in [6.07, 6.45) is 1.83. The molecule has 0 bridgehead atoms. The smallest absolute Gasteiger partial charge is 0.405 e. The van der Waals surface area contributed by atoms with E-state index in [9.17, 15) is 13.2 Å². The zero-order chi connectivity index (χ0) is 14.9. The lowest BCUT2D eigenvalue weighted by atomic mass is 10.2. The van der Waals surface area contributed by atoms with Gasteiger partial charge in [0.2, 0.25) is 14.8 Å². The van der Waals surface area contributed by atoms with Gasteiger partial charge in [0, 0.05) is 17.4 Å². The summed E-state index contributed by atoms with van der Waals surface area (Å²) in [5, 5.41) is 0.755. The predicted octanol–water partition coefficient (Wildman–Crippen LogP) is 1.38. The quantitative estimate of drug-likeness (QED) is 0.712. The molecule has 0 radical (unpaired) electrons. The molecular formula is C12H10BrF3O3S. The van der Waals surface area contributed by atoms with Crippen LogP contribution in [-0.4, -0.2) is 0 Å². The summed E-state index contributed by atoms with van der Waals surface area (Å²) in [6.45, 7) is 0. The van der Waals surface area contributed by atoms with Gasteiger partial charge in [0.25, 0.3) is 0 Å². The third-order valence-electron chi connectivity index (χ3n) is 2.88. The highest BCUT2D eigenvalue weighted by molar-refractivity contribution is 7.38. The van der Waals surface area contributed by atoms with Crippen LogP contribution in [0.4, 0.5) is 13.2 Å². The maximum Gasteiger partial charge on any atom is 0.600 e. The lowest BCUT2D eigenvalue weighted by Crippen LogP contribution is -2.42. The van der Waals surface area contributed by atoms with Crippen molar-refractivity contribution in [2.45, 2.75) is 24.3 Å². The van der Waals surface area contributed by atoms with Crippen LogP contribution in [0.3, 0.4) is 0 Å². The summed E-state index contributed by atoms with van der Waals surface area (Å²) in [5.41, 5.74) is -4.12. The summed E-state index contributed by atoms with van der Waals surface area (Å²) in [5.74, 6) is 0.178. The summed E-state index contributed by atoms with van der Waals surface area (Å²) in [6, 6.07) is 8.62. The monoisotopic (exact) mass is 370 g/mol. The minimum absolute atomic E-state index is 0.178. The molecule has 1 unspecified atom stereocenters. The van der Waals surface area contributed by atoms with Crippen molar-refractivity contribution in [3.05, 3.63) is 35.2 Å². The average Bonchev–Trinajstić information content (AvgIpc) is 3.06. The third kappa shape index (κ3) is 3.70. The minimum Gasteiger partial charge on any atom is -0.405 e. The van der Waals surface area contributed by atoms with E-state index in [1.807, 2.05) is 0 Å². The maximum absolute atomic E-state index is 13.0. The fraction of sp³-hybridized carbons (Fsp3) is 0.333. The number of fused-ring (bicyclic) bond motifs is 1. The Morgan fingerprint density at radius 2 is 1.65 bits per heavy atom. The van der Waals surface area contributed by atoms with E-state index in [1.54, 1.807) is 30.3 Å². The molecule has 20 heavy (non-hydrogen) atoms. The molecule has 0 saturated heterocycles. The van der Waals surface area contributed by atoms with Gasteiger partial charge in [-0.15, -0.1) is 13.2 Å². The molecule has 0 aliphatic heterocycles. The number of alkyl halides is 3. The summed E-state index contributed by atoms with van der Waals surface area (Å²) in [4.78, 5) is 0.605. The van der Waals surface area contributed by atoms with Gasteiger partial charge in [-0.25, -0.2) is 0 Å². The van der Waals surface area contributed by atoms with E-state index in [4.69, 9.17) is 12.6 Å². The molecule has 3 nitrogen and oxygen atoms in total. The topological polar surface area (TPSA) is 69.2 Å². The van der Waals surface area contributed by atoms with E-state index in [-0.39, 0.29) is 5.92 Å². The number of rotatable bonds is 1. The van der Waals surface area contributed by atoms with Crippen LogP contribution < -0.4 is 12.6 Å². The van der Waals surface area contributed by atoms with Crippen LogP contribution in [0.15, 0.2) is 30.3 Å². The second kappa shape index (κ2) is 5.98. The Labute approximate surface area is 121 Å². The fourth-order valence-corrected chi connectivity index (χ4v) is 4.20. The fourth-order valence-electron chi connectivity index (χ4n) is 2.04. The summed E-state index contributed by atoms with van der Waals surface area (Å²) in [7, 11) is -1.66. The van der Waals surface area contributed by atoms with E-state index in [0.29, 0.717) is 9.58 Å². The Balaban J connectivity index is 0.000000328. The van der Waals surface area contributed by atoms with E-state index < -0.39 is 30.8 Å².